The molecule has 5 heteroatoms. The molecule has 0 bridgehead atoms. The van der Waals surface area contributed by atoms with E-state index in [0.717, 1.165) is 44.1 Å². The minimum atomic E-state index is -0.0828. The average Bonchev–Trinajstić information content (AvgIpc) is 2.68. The highest BCUT2D eigenvalue weighted by molar-refractivity contribution is 5.94. The maximum Gasteiger partial charge on any atom is 0.253 e. The summed E-state index contributed by atoms with van der Waals surface area (Å²) < 4.78 is 5.37. The van der Waals surface area contributed by atoms with Gasteiger partial charge in [0, 0.05) is 19.3 Å². The summed E-state index contributed by atoms with van der Waals surface area (Å²) in [5.74, 6) is 1.30. The fraction of sp³-hybridized carbons (Fsp3) is 0.429. The molecule has 0 saturated carbocycles. The van der Waals surface area contributed by atoms with Gasteiger partial charge < -0.3 is 15.0 Å². The highest BCUT2D eigenvalue weighted by Gasteiger charge is 2.18. The Morgan fingerprint density at radius 2 is 1.88 bits per heavy atom. The minimum Gasteiger partial charge on any atom is -0.378 e. The van der Waals surface area contributed by atoms with Crippen LogP contribution in [-0.4, -0.2) is 37.2 Å². The quantitative estimate of drug-likeness (QED) is 0.864. The van der Waals surface area contributed by atoms with Crippen molar-refractivity contribution in [3.8, 4) is 0 Å². The van der Waals surface area contributed by atoms with Crippen LogP contribution in [0.4, 0.5) is 5.82 Å². The molecule has 1 atom stereocenters. The molecule has 1 aliphatic rings. The van der Waals surface area contributed by atoms with E-state index in [4.69, 9.17) is 4.74 Å². The summed E-state index contributed by atoms with van der Waals surface area (Å²) in [6.45, 7) is 7.45. The van der Waals surface area contributed by atoms with E-state index < -0.39 is 0 Å². The van der Waals surface area contributed by atoms with Gasteiger partial charge in [0.05, 0.1) is 24.8 Å². The van der Waals surface area contributed by atoms with Crippen LogP contribution in [-0.2, 0) is 4.74 Å². The van der Waals surface area contributed by atoms with Crippen LogP contribution >= 0.6 is 0 Å². The van der Waals surface area contributed by atoms with Crippen LogP contribution in [0.15, 0.2) is 48.7 Å². The molecule has 3 rings (SSSR count). The molecule has 0 radical (unpaired) electrons. The summed E-state index contributed by atoms with van der Waals surface area (Å²) in [5.41, 5.74) is 1.72. The SMILES string of the molecule is CC(C)CC(NC(=O)c1ccc(N2CCOCC2)nc1)c1ccccc1. The molecule has 138 valence electrons. The number of hydrogen-bond acceptors (Lipinski definition) is 4. The van der Waals surface area contributed by atoms with Gasteiger partial charge in [0.1, 0.15) is 5.82 Å². The molecule has 5 nitrogen and oxygen atoms in total. The molecule has 1 N–H and O–H groups in total. The zero-order chi connectivity index (χ0) is 18.4. The third-order valence-electron chi connectivity index (χ3n) is 4.56. The number of carbonyl (C=O) groups excluding carboxylic acids is 1. The minimum absolute atomic E-state index is 0.00243. The number of nitrogens with zero attached hydrogens (tertiary/aromatic N) is 2. The standard InChI is InChI=1S/C21H27N3O2/c1-16(2)14-19(17-6-4-3-5-7-17)23-21(25)18-8-9-20(22-15-18)24-10-12-26-13-11-24/h3-9,15-16,19H,10-14H2,1-2H3,(H,23,25). The molecule has 26 heavy (non-hydrogen) atoms. The number of amides is 1. The van der Waals surface area contributed by atoms with Crippen molar-refractivity contribution in [1.29, 1.82) is 0 Å². The number of hydrogen-bond donors (Lipinski definition) is 1. The highest BCUT2D eigenvalue weighted by Crippen LogP contribution is 2.22. The van der Waals surface area contributed by atoms with E-state index in [1.165, 1.54) is 0 Å². The zero-order valence-corrected chi connectivity index (χ0v) is 15.5. The molecule has 1 fully saturated rings. The third kappa shape index (κ3) is 4.82. The second-order valence-electron chi connectivity index (χ2n) is 7.07. The molecule has 1 amide bonds. The summed E-state index contributed by atoms with van der Waals surface area (Å²) in [5, 5.41) is 3.17. The summed E-state index contributed by atoms with van der Waals surface area (Å²) >= 11 is 0. The van der Waals surface area contributed by atoms with Gasteiger partial charge in [-0.2, -0.15) is 0 Å². The third-order valence-corrected chi connectivity index (χ3v) is 4.56. The molecule has 2 heterocycles. The van der Waals surface area contributed by atoms with Crippen molar-refractivity contribution in [2.45, 2.75) is 26.3 Å². The van der Waals surface area contributed by atoms with Crippen molar-refractivity contribution >= 4 is 11.7 Å². The van der Waals surface area contributed by atoms with Crippen LogP contribution < -0.4 is 10.2 Å². The first-order valence-electron chi connectivity index (χ1n) is 9.28. The van der Waals surface area contributed by atoms with Crippen LogP contribution in [0.25, 0.3) is 0 Å². The number of ether oxygens (including phenoxy) is 1. The van der Waals surface area contributed by atoms with Gasteiger partial charge in [-0.1, -0.05) is 44.2 Å². The summed E-state index contributed by atoms with van der Waals surface area (Å²) in [7, 11) is 0. The maximum atomic E-state index is 12.7. The number of aromatic nitrogens is 1. The molecule has 0 spiro atoms. The fourth-order valence-electron chi connectivity index (χ4n) is 3.18. The van der Waals surface area contributed by atoms with Crippen molar-refractivity contribution in [2.75, 3.05) is 31.2 Å². The van der Waals surface area contributed by atoms with E-state index >= 15 is 0 Å². The lowest BCUT2D eigenvalue weighted by molar-refractivity contribution is 0.0931. The molecule has 1 saturated heterocycles. The van der Waals surface area contributed by atoms with Crippen molar-refractivity contribution in [1.82, 2.24) is 10.3 Å². The number of carbonyl (C=O) groups is 1. The lowest BCUT2D eigenvalue weighted by atomic mass is 9.97. The van der Waals surface area contributed by atoms with Crippen LogP contribution in [0, 0.1) is 5.92 Å². The van der Waals surface area contributed by atoms with Crippen LogP contribution in [0.1, 0.15) is 42.2 Å². The van der Waals surface area contributed by atoms with E-state index in [-0.39, 0.29) is 11.9 Å². The lowest BCUT2D eigenvalue weighted by Crippen LogP contribution is -2.36. The van der Waals surface area contributed by atoms with Gasteiger partial charge in [0.15, 0.2) is 0 Å². The predicted molar refractivity (Wildman–Crippen MR) is 103 cm³/mol. The first-order chi connectivity index (χ1) is 12.6. The molecule has 1 unspecified atom stereocenters. The van der Waals surface area contributed by atoms with Crippen LogP contribution in [0.2, 0.25) is 0 Å². The highest BCUT2D eigenvalue weighted by atomic mass is 16.5. The largest absolute Gasteiger partial charge is 0.378 e. The number of benzene rings is 1. The van der Waals surface area contributed by atoms with Crippen LogP contribution in [0.3, 0.4) is 0 Å². The summed E-state index contributed by atoms with van der Waals surface area (Å²) in [4.78, 5) is 19.4. The van der Waals surface area contributed by atoms with E-state index in [1.54, 1.807) is 6.20 Å². The van der Waals surface area contributed by atoms with Gasteiger partial charge in [-0.15, -0.1) is 0 Å². The second kappa shape index (κ2) is 8.81. The Hall–Kier alpha value is -2.40. The van der Waals surface area contributed by atoms with Gasteiger partial charge in [0.25, 0.3) is 5.91 Å². The molecular weight excluding hydrogens is 326 g/mol. The number of nitrogens with one attached hydrogen (secondary N) is 1. The molecule has 1 aliphatic heterocycles. The molecule has 1 aromatic heterocycles. The molecule has 0 aliphatic carbocycles. The molecule has 1 aromatic carbocycles. The Kier molecular flexibility index (Phi) is 6.23. The number of morpholine rings is 1. The number of rotatable bonds is 6. The van der Waals surface area contributed by atoms with Crippen molar-refractivity contribution < 1.29 is 9.53 Å². The van der Waals surface area contributed by atoms with Gasteiger partial charge in [-0.05, 0) is 30.0 Å². The Balaban J connectivity index is 1.68. The number of pyridine rings is 1. The Labute approximate surface area is 155 Å². The van der Waals surface area contributed by atoms with Crippen LogP contribution in [0.5, 0.6) is 0 Å². The zero-order valence-electron chi connectivity index (χ0n) is 15.5. The number of anilines is 1. The summed E-state index contributed by atoms with van der Waals surface area (Å²) in [6.07, 6.45) is 2.56. The Bertz CT molecular complexity index is 695. The topological polar surface area (TPSA) is 54.5 Å². The van der Waals surface area contributed by atoms with E-state index in [1.807, 2.05) is 30.3 Å². The smallest absolute Gasteiger partial charge is 0.253 e. The van der Waals surface area contributed by atoms with Gasteiger partial charge >= 0.3 is 0 Å². The lowest BCUT2D eigenvalue weighted by Gasteiger charge is -2.27. The fourth-order valence-corrected chi connectivity index (χ4v) is 3.18. The van der Waals surface area contributed by atoms with Crippen molar-refractivity contribution in [2.24, 2.45) is 5.92 Å². The normalized spacial score (nSPS) is 15.7. The average molecular weight is 353 g/mol. The Morgan fingerprint density at radius 3 is 2.50 bits per heavy atom. The van der Waals surface area contributed by atoms with E-state index in [0.29, 0.717) is 11.5 Å². The van der Waals surface area contributed by atoms with Gasteiger partial charge in [0.2, 0.25) is 0 Å². The van der Waals surface area contributed by atoms with Crippen molar-refractivity contribution in [3.05, 3.63) is 59.8 Å². The predicted octanol–water partition coefficient (Wildman–Crippen LogP) is 3.44. The first-order valence-corrected chi connectivity index (χ1v) is 9.28. The maximum absolute atomic E-state index is 12.7. The van der Waals surface area contributed by atoms with E-state index in [2.05, 4.69) is 41.2 Å². The molecular formula is C21H27N3O2. The monoisotopic (exact) mass is 353 g/mol. The van der Waals surface area contributed by atoms with Gasteiger partial charge in [-0.3, -0.25) is 4.79 Å². The van der Waals surface area contributed by atoms with E-state index in [9.17, 15) is 4.79 Å². The van der Waals surface area contributed by atoms with Gasteiger partial charge in [-0.25, -0.2) is 4.98 Å². The summed E-state index contributed by atoms with van der Waals surface area (Å²) in [6, 6.07) is 13.9. The molecule has 2 aromatic rings. The second-order valence-corrected chi connectivity index (χ2v) is 7.07. The van der Waals surface area contributed by atoms with Crippen molar-refractivity contribution in [3.63, 3.8) is 0 Å². The Morgan fingerprint density at radius 1 is 1.15 bits per heavy atom. The first kappa shape index (κ1) is 18.4.